The molecule has 0 aliphatic heterocycles. The van der Waals surface area contributed by atoms with Gasteiger partial charge in [-0.15, -0.1) is 0 Å². The number of halogens is 1. The molecule has 74 valence electrons. The molecule has 0 aliphatic carbocycles. The van der Waals surface area contributed by atoms with Crippen LogP contribution in [0.15, 0.2) is 27.8 Å². The van der Waals surface area contributed by atoms with Gasteiger partial charge in [0.25, 0.3) is 5.56 Å². The van der Waals surface area contributed by atoms with Crippen LogP contribution in [0.3, 0.4) is 0 Å². The zero-order valence-corrected chi connectivity index (χ0v) is 8.08. The third-order valence-electron chi connectivity index (χ3n) is 1.96. The first kappa shape index (κ1) is 9.49. The highest BCUT2D eigenvalue weighted by molar-refractivity contribution is 6.31. The Morgan fingerprint density at radius 2 is 2.13 bits per heavy atom. The molecule has 5 nitrogen and oxygen atoms in total. The number of aromatic amines is 1. The molecular formula is C9H4ClN3O2. The number of benzene rings is 1. The van der Waals surface area contributed by atoms with Crippen molar-refractivity contribution in [2.45, 2.75) is 0 Å². The fourth-order valence-corrected chi connectivity index (χ4v) is 1.45. The second-order valence-electron chi connectivity index (χ2n) is 2.86. The van der Waals surface area contributed by atoms with Crippen LogP contribution < -0.4 is 11.2 Å². The molecule has 15 heavy (non-hydrogen) atoms. The standard InChI is InChI=1S/C9H4ClN3O2/c10-5-1-2-7-6(3-5)8(14)13(4-11)9(15)12-7/h1-3H,(H,12,15). The van der Waals surface area contributed by atoms with E-state index in [9.17, 15) is 9.59 Å². The van der Waals surface area contributed by atoms with Crippen LogP contribution in [0, 0.1) is 11.5 Å². The molecule has 0 amide bonds. The minimum atomic E-state index is -0.752. The summed E-state index contributed by atoms with van der Waals surface area (Å²) in [5.74, 6) is 0. The molecule has 1 aromatic carbocycles. The summed E-state index contributed by atoms with van der Waals surface area (Å²) in [7, 11) is 0. The molecule has 0 radical (unpaired) electrons. The molecule has 0 saturated carbocycles. The zero-order chi connectivity index (χ0) is 11.0. The number of hydrogen-bond donors (Lipinski definition) is 1. The Bertz CT molecular complexity index is 693. The van der Waals surface area contributed by atoms with Crippen LogP contribution in [0.2, 0.25) is 5.02 Å². The van der Waals surface area contributed by atoms with Crippen LogP contribution in [-0.4, -0.2) is 9.55 Å². The molecular weight excluding hydrogens is 218 g/mol. The first-order valence-corrected chi connectivity index (χ1v) is 4.36. The van der Waals surface area contributed by atoms with Crippen molar-refractivity contribution < 1.29 is 0 Å². The number of H-pyrrole nitrogens is 1. The summed E-state index contributed by atoms with van der Waals surface area (Å²) < 4.78 is 0.443. The van der Waals surface area contributed by atoms with Gasteiger partial charge in [-0.1, -0.05) is 11.6 Å². The fraction of sp³-hybridized carbons (Fsp3) is 0. The van der Waals surface area contributed by atoms with Gasteiger partial charge in [-0.05, 0) is 18.2 Å². The van der Waals surface area contributed by atoms with Gasteiger partial charge in [-0.3, -0.25) is 4.79 Å². The Hall–Kier alpha value is -2.06. The lowest BCUT2D eigenvalue weighted by molar-refractivity contribution is 0.917. The molecule has 0 atom stereocenters. The highest BCUT2D eigenvalue weighted by Crippen LogP contribution is 2.12. The largest absolute Gasteiger partial charge is 0.342 e. The minimum absolute atomic E-state index is 0.212. The van der Waals surface area contributed by atoms with Crippen LogP contribution in [0.4, 0.5) is 0 Å². The predicted octanol–water partition coefficient (Wildman–Crippen LogP) is 0.672. The summed E-state index contributed by atoms with van der Waals surface area (Å²) in [5, 5.41) is 9.17. The summed E-state index contributed by atoms with van der Waals surface area (Å²) in [6, 6.07) is 4.47. The van der Waals surface area contributed by atoms with E-state index >= 15 is 0 Å². The lowest BCUT2D eigenvalue weighted by Gasteiger charge is -1.98. The van der Waals surface area contributed by atoms with Gasteiger partial charge < -0.3 is 4.98 Å². The van der Waals surface area contributed by atoms with Gasteiger partial charge in [0.1, 0.15) is 0 Å². The van der Waals surface area contributed by atoms with Crippen LogP contribution in [0.25, 0.3) is 10.9 Å². The van der Waals surface area contributed by atoms with Gasteiger partial charge in [0.05, 0.1) is 10.9 Å². The number of fused-ring (bicyclic) bond motifs is 1. The average molecular weight is 222 g/mol. The van der Waals surface area contributed by atoms with Crippen molar-refractivity contribution in [3.05, 3.63) is 44.1 Å². The summed E-state index contributed by atoms with van der Waals surface area (Å²) in [4.78, 5) is 25.2. The van der Waals surface area contributed by atoms with E-state index in [1.165, 1.54) is 18.3 Å². The topological polar surface area (TPSA) is 78.7 Å². The SMILES string of the molecule is N#Cn1c(=O)[nH]c2ccc(Cl)cc2c1=O. The van der Waals surface area contributed by atoms with Crippen LogP contribution >= 0.6 is 11.6 Å². The van der Waals surface area contributed by atoms with Crippen molar-refractivity contribution in [3.8, 4) is 6.19 Å². The predicted molar refractivity (Wildman–Crippen MR) is 54.8 cm³/mol. The summed E-state index contributed by atoms with van der Waals surface area (Å²) in [6.07, 6.45) is 1.49. The number of nitrogens with zero attached hydrogens (tertiary/aromatic N) is 2. The van der Waals surface area contributed by atoms with Crippen molar-refractivity contribution in [3.63, 3.8) is 0 Å². The third kappa shape index (κ3) is 1.41. The minimum Gasteiger partial charge on any atom is -0.306 e. The molecule has 2 rings (SSSR count). The Morgan fingerprint density at radius 1 is 1.40 bits per heavy atom. The van der Waals surface area contributed by atoms with E-state index in [1.54, 1.807) is 6.07 Å². The van der Waals surface area contributed by atoms with Gasteiger partial charge in [0.15, 0.2) is 6.19 Å². The maximum Gasteiger partial charge on any atom is 0.342 e. The van der Waals surface area contributed by atoms with Crippen molar-refractivity contribution in [2.24, 2.45) is 0 Å². The van der Waals surface area contributed by atoms with Gasteiger partial charge in [-0.2, -0.15) is 9.83 Å². The monoisotopic (exact) mass is 221 g/mol. The normalized spacial score (nSPS) is 10.1. The maximum absolute atomic E-state index is 11.6. The van der Waals surface area contributed by atoms with E-state index in [4.69, 9.17) is 16.9 Å². The molecule has 0 aliphatic rings. The number of aromatic nitrogens is 2. The van der Waals surface area contributed by atoms with Gasteiger partial charge in [0, 0.05) is 5.02 Å². The lowest BCUT2D eigenvalue weighted by atomic mass is 10.2. The Kier molecular flexibility index (Phi) is 2.06. The van der Waals surface area contributed by atoms with E-state index < -0.39 is 11.2 Å². The van der Waals surface area contributed by atoms with E-state index in [0.717, 1.165) is 0 Å². The quantitative estimate of drug-likeness (QED) is 0.710. The van der Waals surface area contributed by atoms with E-state index in [1.807, 2.05) is 0 Å². The second-order valence-corrected chi connectivity index (χ2v) is 3.30. The number of rotatable bonds is 0. The molecule has 1 heterocycles. The molecule has 6 heteroatoms. The molecule has 0 bridgehead atoms. The fourth-order valence-electron chi connectivity index (χ4n) is 1.28. The molecule has 1 N–H and O–H groups in total. The highest BCUT2D eigenvalue weighted by atomic mass is 35.5. The smallest absolute Gasteiger partial charge is 0.306 e. The Morgan fingerprint density at radius 3 is 2.80 bits per heavy atom. The van der Waals surface area contributed by atoms with Gasteiger partial charge in [-0.25, -0.2) is 4.79 Å². The highest BCUT2D eigenvalue weighted by Gasteiger charge is 2.06. The average Bonchev–Trinajstić information content (AvgIpc) is 2.20. The number of nitrogens with one attached hydrogen (secondary N) is 1. The third-order valence-corrected chi connectivity index (χ3v) is 2.19. The van der Waals surface area contributed by atoms with Crippen molar-refractivity contribution in [2.75, 3.05) is 0 Å². The molecule has 2 aromatic rings. The van der Waals surface area contributed by atoms with E-state index in [0.29, 0.717) is 15.1 Å². The van der Waals surface area contributed by atoms with Crippen molar-refractivity contribution in [1.29, 1.82) is 5.26 Å². The van der Waals surface area contributed by atoms with Gasteiger partial charge in [0.2, 0.25) is 0 Å². The molecule has 1 aromatic heterocycles. The first-order valence-electron chi connectivity index (χ1n) is 3.98. The molecule has 0 spiro atoms. The molecule has 0 fully saturated rings. The summed E-state index contributed by atoms with van der Waals surface area (Å²) in [5.41, 5.74) is -1.06. The lowest BCUT2D eigenvalue weighted by Crippen LogP contribution is -2.32. The van der Waals surface area contributed by atoms with Crippen molar-refractivity contribution >= 4 is 22.5 Å². The number of hydrogen-bond acceptors (Lipinski definition) is 3. The Labute approximate surface area is 88.1 Å². The summed E-state index contributed by atoms with van der Waals surface area (Å²) >= 11 is 5.70. The second kappa shape index (κ2) is 3.26. The maximum atomic E-state index is 11.6. The Balaban J connectivity index is 3.08. The number of nitriles is 1. The van der Waals surface area contributed by atoms with Crippen LogP contribution in [0.1, 0.15) is 0 Å². The van der Waals surface area contributed by atoms with Gasteiger partial charge >= 0.3 is 5.69 Å². The first-order chi connectivity index (χ1) is 7.13. The zero-order valence-electron chi connectivity index (χ0n) is 7.32. The molecule has 0 saturated heterocycles. The van der Waals surface area contributed by atoms with E-state index in [2.05, 4.69) is 4.98 Å². The van der Waals surface area contributed by atoms with E-state index in [-0.39, 0.29) is 5.39 Å². The summed E-state index contributed by atoms with van der Waals surface area (Å²) in [6.45, 7) is 0. The molecule has 0 unspecified atom stereocenters. The van der Waals surface area contributed by atoms with Crippen LogP contribution in [-0.2, 0) is 0 Å². The van der Waals surface area contributed by atoms with Crippen LogP contribution in [0.5, 0.6) is 0 Å². The van der Waals surface area contributed by atoms with Crippen molar-refractivity contribution in [1.82, 2.24) is 9.55 Å².